The third kappa shape index (κ3) is 5.29. The first-order valence-corrected chi connectivity index (χ1v) is 12.7. The number of carbonyl (C=O) groups excluding carboxylic acids is 3. The molecule has 0 spiro atoms. The van der Waals surface area contributed by atoms with Gasteiger partial charge in [0.2, 0.25) is 17.7 Å². The molecule has 186 valence electrons. The summed E-state index contributed by atoms with van der Waals surface area (Å²) in [4.78, 5) is 43.6. The van der Waals surface area contributed by atoms with Crippen molar-refractivity contribution in [3.05, 3.63) is 70.2 Å². The number of rotatable bonds is 8. The van der Waals surface area contributed by atoms with Gasteiger partial charge in [0.1, 0.15) is 0 Å². The molecule has 0 bridgehead atoms. The topological polar surface area (TPSA) is 66.9 Å². The number of nitrogens with zero attached hydrogens (tertiary/aromatic N) is 2. The van der Waals surface area contributed by atoms with Gasteiger partial charge in [-0.1, -0.05) is 59.6 Å². The summed E-state index contributed by atoms with van der Waals surface area (Å²) < 4.78 is 5.09. The van der Waals surface area contributed by atoms with E-state index in [1.54, 1.807) is 31.4 Å². The number of carbonyl (C=O) groups is 3. The standard InChI is InChI=1S/C28H33ClN2O4/c1-20-8-5-9-21(16-20)22-10-6-13-30(19-22)25(32)17-28(23-11-3-4-12-24(23)29)18-26(33)31(27(28)34)14-7-15-35-2/h3-5,8-9,11-12,16,22H,6-7,10,13-15,17-19H2,1-2H3/t22-,28+/m1/s1. The van der Waals surface area contributed by atoms with Gasteiger partial charge in [-0.25, -0.2) is 0 Å². The fourth-order valence-electron chi connectivity index (χ4n) is 5.46. The molecule has 3 amide bonds. The number of piperidine rings is 1. The number of imide groups is 1. The molecule has 2 aromatic carbocycles. The fraction of sp³-hybridized carbons (Fsp3) is 0.464. The maximum Gasteiger partial charge on any atom is 0.240 e. The van der Waals surface area contributed by atoms with Crippen LogP contribution in [0, 0.1) is 6.92 Å². The molecule has 4 rings (SSSR count). The van der Waals surface area contributed by atoms with Crippen molar-refractivity contribution in [2.45, 2.75) is 50.4 Å². The summed E-state index contributed by atoms with van der Waals surface area (Å²) in [7, 11) is 1.59. The summed E-state index contributed by atoms with van der Waals surface area (Å²) in [6, 6.07) is 15.5. The Kier molecular flexibility index (Phi) is 7.92. The summed E-state index contributed by atoms with van der Waals surface area (Å²) in [5.41, 5.74) is 1.71. The molecule has 0 saturated carbocycles. The second-order valence-electron chi connectivity index (χ2n) is 9.71. The summed E-state index contributed by atoms with van der Waals surface area (Å²) in [5, 5.41) is 0.400. The molecule has 35 heavy (non-hydrogen) atoms. The Morgan fingerprint density at radius 3 is 2.71 bits per heavy atom. The molecule has 2 atom stereocenters. The Bertz CT molecular complexity index is 1100. The highest BCUT2D eigenvalue weighted by molar-refractivity contribution is 6.32. The number of benzene rings is 2. The van der Waals surface area contributed by atoms with E-state index in [1.165, 1.54) is 16.0 Å². The van der Waals surface area contributed by atoms with E-state index in [4.69, 9.17) is 16.3 Å². The number of hydrogen-bond donors (Lipinski definition) is 0. The second-order valence-corrected chi connectivity index (χ2v) is 10.1. The lowest BCUT2D eigenvalue weighted by Gasteiger charge is -2.36. The summed E-state index contributed by atoms with van der Waals surface area (Å²) in [6.45, 7) is 4.05. The van der Waals surface area contributed by atoms with E-state index in [2.05, 4.69) is 31.2 Å². The van der Waals surface area contributed by atoms with Crippen LogP contribution >= 0.6 is 11.6 Å². The Morgan fingerprint density at radius 1 is 1.17 bits per heavy atom. The van der Waals surface area contributed by atoms with Gasteiger partial charge >= 0.3 is 0 Å². The van der Waals surface area contributed by atoms with Crippen molar-refractivity contribution in [2.24, 2.45) is 0 Å². The zero-order chi connectivity index (χ0) is 25.0. The number of ether oxygens (including phenoxy) is 1. The van der Waals surface area contributed by atoms with Gasteiger partial charge in [-0.3, -0.25) is 19.3 Å². The van der Waals surface area contributed by atoms with Crippen molar-refractivity contribution in [1.29, 1.82) is 0 Å². The van der Waals surface area contributed by atoms with E-state index in [0.29, 0.717) is 36.7 Å². The number of amides is 3. The van der Waals surface area contributed by atoms with Crippen molar-refractivity contribution in [2.75, 3.05) is 33.4 Å². The van der Waals surface area contributed by atoms with Gasteiger partial charge in [0, 0.05) is 57.1 Å². The maximum atomic E-state index is 13.8. The van der Waals surface area contributed by atoms with Crippen LogP contribution in [-0.4, -0.2) is 60.9 Å². The molecule has 0 aliphatic carbocycles. The van der Waals surface area contributed by atoms with E-state index < -0.39 is 5.41 Å². The minimum atomic E-state index is -1.28. The minimum Gasteiger partial charge on any atom is -0.385 e. The van der Waals surface area contributed by atoms with Crippen LogP contribution in [0.15, 0.2) is 48.5 Å². The number of halogens is 1. The highest BCUT2D eigenvalue weighted by atomic mass is 35.5. The quantitative estimate of drug-likeness (QED) is 0.399. The lowest BCUT2D eigenvalue weighted by atomic mass is 9.75. The molecule has 0 unspecified atom stereocenters. The van der Waals surface area contributed by atoms with Crippen LogP contribution in [0.25, 0.3) is 0 Å². The van der Waals surface area contributed by atoms with Gasteiger partial charge in [0.15, 0.2) is 0 Å². The molecule has 7 heteroatoms. The highest BCUT2D eigenvalue weighted by Crippen LogP contribution is 2.43. The molecule has 2 heterocycles. The second kappa shape index (κ2) is 10.9. The number of aryl methyl sites for hydroxylation is 1. The predicted molar refractivity (Wildman–Crippen MR) is 135 cm³/mol. The fourth-order valence-corrected chi connectivity index (χ4v) is 5.77. The first kappa shape index (κ1) is 25.4. The van der Waals surface area contributed by atoms with Crippen LogP contribution < -0.4 is 0 Å². The highest BCUT2D eigenvalue weighted by Gasteiger charge is 2.54. The van der Waals surface area contributed by atoms with E-state index in [1.807, 2.05) is 4.90 Å². The van der Waals surface area contributed by atoms with Crippen molar-refractivity contribution in [3.63, 3.8) is 0 Å². The lowest BCUT2D eigenvalue weighted by molar-refractivity contribution is -0.143. The van der Waals surface area contributed by atoms with Gasteiger partial charge in [-0.05, 0) is 43.4 Å². The molecule has 6 nitrogen and oxygen atoms in total. The smallest absolute Gasteiger partial charge is 0.240 e. The van der Waals surface area contributed by atoms with Gasteiger partial charge in [-0.2, -0.15) is 0 Å². The molecule has 2 aliphatic heterocycles. The number of hydrogen-bond acceptors (Lipinski definition) is 4. The Balaban J connectivity index is 1.59. The lowest BCUT2D eigenvalue weighted by Crippen LogP contribution is -2.46. The Labute approximate surface area is 212 Å². The normalized spacial score (nSPS) is 22.7. The summed E-state index contributed by atoms with van der Waals surface area (Å²) in [6.07, 6.45) is 2.35. The Morgan fingerprint density at radius 2 is 1.97 bits per heavy atom. The van der Waals surface area contributed by atoms with Crippen LogP contribution in [-0.2, 0) is 24.5 Å². The van der Waals surface area contributed by atoms with Crippen LogP contribution in [0.1, 0.15) is 54.7 Å². The monoisotopic (exact) mass is 496 g/mol. The zero-order valence-corrected chi connectivity index (χ0v) is 21.2. The molecule has 2 fully saturated rings. The molecule has 2 saturated heterocycles. The zero-order valence-electron chi connectivity index (χ0n) is 20.5. The van der Waals surface area contributed by atoms with E-state index in [9.17, 15) is 14.4 Å². The average molecular weight is 497 g/mol. The first-order chi connectivity index (χ1) is 16.9. The van der Waals surface area contributed by atoms with Gasteiger partial charge in [0.25, 0.3) is 0 Å². The van der Waals surface area contributed by atoms with Gasteiger partial charge < -0.3 is 9.64 Å². The van der Waals surface area contributed by atoms with E-state index >= 15 is 0 Å². The van der Waals surface area contributed by atoms with Crippen molar-refractivity contribution < 1.29 is 19.1 Å². The molecular weight excluding hydrogens is 464 g/mol. The van der Waals surface area contributed by atoms with Crippen LogP contribution in [0.5, 0.6) is 0 Å². The third-order valence-corrected chi connectivity index (χ3v) is 7.60. The van der Waals surface area contributed by atoms with E-state index in [0.717, 1.165) is 12.8 Å². The minimum absolute atomic E-state index is 0.0521. The maximum absolute atomic E-state index is 13.8. The first-order valence-electron chi connectivity index (χ1n) is 12.3. The molecular formula is C28H33ClN2O4. The largest absolute Gasteiger partial charge is 0.385 e. The SMILES string of the molecule is COCCCN1C(=O)C[C@@](CC(=O)N2CCC[C@@H](c3cccc(C)c3)C2)(c2ccccc2Cl)C1=O. The molecule has 0 N–H and O–H groups in total. The number of methoxy groups -OCH3 is 1. The van der Waals surface area contributed by atoms with Crippen molar-refractivity contribution in [3.8, 4) is 0 Å². The van der Waals surface area contributed by atoms with Crippen molar-refractivity contribution in [1.82, 2.24) is 9.80 Å². The number of likely N-dealkylation sites (tertiary alicyclic amines) is 2. The third-order valence-electron chi connectivity index (χ3n) is 7.27. The van der Waals surface area contributed by atoms with Crippen LogP contribution in [0.4, 0.5) is 0 Å². The molecule has 0 aromatic heterocycles. The van der Waals surface area contributed by atoms with Crippen molar-refractivity contribution >= 4 is 29.3 Å². The Hall–Kier alpha value is -2.70. The van der Waals surface area contributed by atoms with E-state index in [-0.39, 0.29) is 43.0 Å². The summed E-state index contributed by atoms with van der Waals surface area (Å²) in [5.74, 6) is -0.458. The molecule has 2 aromatic rings. The van der Waals surface area contributed by atoms with Crippen LogP contribution in [0.3, 0.4) is 0 Å². The molecule has 0 radical (unpaired) electrons. The molecule has 2 aliphatic rings. The van der Waals surface area contributed by atoms with Crippen LogP contribution in [0.2, 0.25) is 5.02 Å². The average Bonchev–Trinajstić information content (AvgIpc) is 3.09. The summed E-state index contributed by atoms with van der Waals surface area (Å²) >= 11 is 6.54. The predicted octanol–water partition coefficient (Wildman–Crippen LogP) is 4.48. The van der Waals surface area contributed by atoms with Gasteiger partial charge in [-0.15, -0.1) is 0 Å². The van der Waals surface area contributed by atoms with Gasteiger partial charge in [0.05, 0.1) is 5.41 Å².